The van der Waals surface area contributed by atoms with Crippen LogP contribution in [0.1, 0.15) is 33.1 Å². The number of aliphatic hydroxyl groups is 1. The van der Waals surface area contributed by atoms with E-state index in [0.717, 1.165) is 19.4 Å². The molecule has 0 spiro atoms. The lowest BCUT2D eigenvalue weighted by Gasteiger charge is -2.39. The smallest absolute Gasteiger partial charge is 0.219 e. The summed E-state index contributed by atoms with van der Waals surface area (Å²) in [6.07, 6.45) is 5.91. The molecule has 4 heteroatoms. The van der Waals surface area contributed by atoms with Gasteiger partial charge in [-0.15, -0.1) is 0 Å². The van der Waals surface area contributed by atoms with Gasteiger partial charge in [0.2, 0.25) is 5.91 Å². The summed E-state index contributed by atoms with van der Waals surface area (Å²) in [7, 11) is 0. The highest BCUT2D eigenvalue weighted by molar-refractivity contribution is 5.74. The van der Waals surface area contributed by atoms with Gasteiger partial charge < -0.3 is 10.0 Å². The van der Waals surface area contributed by atoms with Crippen molar-refractivity contribution in [2.75, 3.05) is 13.2 Å². The van der Waals surface area contributed by atoms with Crippen LogP contribution in [0.2, 0.25) is 0 Å². The van der Waals surface area contributed by atoms with Crippen LogP contribution in [0, 0.1) is 5.41 Å². The van der Waals surface area contributed by atoms with E-state index in [9.17, 15) is 9.18 Å². The molecule has 2 unspecified atom stereocenters. The number of hydrogen-bond acceptors (Lipinski definition) is 2. The second-order valence-electron chi connectivity index (χ2n) is 5.46. The van der Waals surface area contributed by atoms with E-state index in [-0.39, 0.29) is 29.8 Å². The Labute approximate surface area is 107 Å². The van der Waals surface area contributed by atoms with Crippen molar-refractivity contribution in [1.82, 2.24) is 4.90 Å². The van der Waals surface area contributed by atoms with Gasteiger partial charge in [-0.05, 0) is 25.3 Å². The Morgan fingerprint density at radius 1 is 1.67 bits per heavy atom. The fraction of sp³-hybridized carbons (Fsp3) is 0.643. The fourth-order valence-corrected chi connectivity index (χ4v) is 3.08. The van der Waals surface area contributed by atoms with Gasteiger partial charge in [0.15, 0.2) is 0 Å². The molecule has 1 heterocycles. The molecule has 1 N–H and O–H groups in total. The molecule has 1 fully saturated rings. The van der Waals surface area contributed by atoms with Crippen LogP contribution < -0.4 is 0 Å². The molecule has 2 rings (SSSR count). The van der Waals surface area contributed by atoms with Crippen molar-refractivity contribution >= 4 is 5.91 Å². The summed E-state index contributed by atoms with van der Waals surface area (Å²) in [6.45, 7) is 4.06. The number of likely N-dealkylation sites (tertiary alicyclic amines) is 1. The SMILES string of the molecule is CC(=O)N1CCCC1C1(C)C=C(F)C(CO)=CC1. The third kappa shape index (κ3) is 2.21. The summed E-state index contributed by atoms with van der Waals surface area (Å²) < 4.78 is 13.9. The predicted octanol–water partition coefficient (Wildman–Crippen LogP) is 2.18. The van der Waals surface area contributed by atoms with Crippen LogP contribution in [-0.2, 0) is 4.79 Å². The number of aliphatic hydroxyl groups excluding tert-OH is 1. The number of allylic oxidation sites excluding steroid dienone is 1. The maximum Gasteiger partial charge on any atom is 0.219 e. The average Bonchev–Trinajstić information content (AvgIpc) is 2.78. The molecule has 1 aliphatic carbocycles. The van der Waals surface area contributed by atoms with E-state index in [4.69, 9.17) is 5.11 Å². The second-order valence-corrected chi connectivity index (χ2v) is 5.46. The van der Waals surface area contributed by atoms with Gasteiger partial charge >= 0.3 is 0 Å². The summed E-state index contributed by atoms with van der Waals surface area (Å²) in [5.74, 6) is -0.286. The first-order valence-corrected chi connectivity index (χ1v) is 6.44. The lowest BCUT2D eigenvalue weighted by Crippen LogP contribution is -2.44. The second kappa shape index (κ2) is 4.84. The van der Waals surface area contributed by atoms with Crippen LogP contribution in [0.15, 0.2) is 23.6 Å². The molecule has 0 bridgehead atoms. The highest BCUT2D eigenvalue weighted by Gasteiger charge is 2.41. The average molecular weight is 253 g/mol. The Kier molecular flexibility index (Phi) is 3.57. The van der Waals surface area contributed by atoms with Crippen LogP contribution in [0.25, 0.3) is 0 Å². The van der Waals surface area contributed by atoms with Gasteiger partial charge in [0.05, 0.1) is 6.61 Å². The summed E-state index contributed by atoms with van der Waals surface area (Å²) >= 11 is 0. The first-order valence-electron chi connectivity index (χ1n) is 6.44. The Morgan fingerprint density at radius 3 is 2.94 bits per heavy atom. The van der Waals surface area contributed by atoms with Crippen molar-refractivity contribution in [1.29, 1.82) is 0 Å². The number of amides is 1. The molecule has 2 aliphatic rings. The summed E-state index contributed by atoms with van der Waals surface area (Å²) in [4.78, 5) is 13.4. The lowest BCUT2D eigenvalue weighted by atomic mass is 9.74. The van der Waals surface area contributed by atoms with Crippen molar-refractivity contribution in [3.05, 3.63) is 23.6 Å². The van der Waals surface area contributed by atoms with Crippen molar-refractivity contribution in [3.63, 3.8) is 0 Å². The fourth-order valence-electron chi connectivity index (χ4n) is 3.08. The van der Waals surface area contributed by atoms with E-state index < -0.39 is 0 Å². The van der Waals surface area contributed by atoms with E-state index in [0.29, 0.717) is 12.0 Å². The number of hydrogen-bond donors (Lipinski definition) is 1. The number of carbonyl (C=O) groups is 1. The Bertz CT molecular complexity index is 416. The molecule has 2 atom stereocenters. The number of carbonyl (C=O) groups excluding carboxylic acids is 1. The minimum atomic E-state index is -0.356. The minimum Gasteiger partial charge on any atom is -0.392 e. The first kappa shape index (κ1) is 13.3. The van der Waals surface area contributed by atoms with Gasteiger partial charge in [-0.2, -0.15) is 0 Å². The molecule has 1 saturated heterocycles. The van der Waals surface area contributed by atoms with Crippen LogP contribution in [0.3, 0.4) is 0 Å². The zero-order valence-corrected chi connectivity index (χ0v) is 10.9. The Hall–Kier alpha value is -1.16. The van der Waals surface area contributed by atoms with E-state index in [2.05, 4.69) is 0 Å². The molecular weight excluding hydrogens is 233 g/mol. The number of halogens is 1. The van der Waals surface area contributed by atoms with E-state index in [1.54, 1.807) is 19.1 Å². The van der Waals surface area contributed by atoms with Gasteiger partial charge in [0, 0.05) is 30.5 Å². The zero-order valence-electron chi connectivity index (χ0n) is 10.9. The maximum atomic E-state index is 13.9. The molecule has 1 amide bonds. The van der Waals surface area contributed by atoms with Gasteiger partial charge in [0.1, 0.15) is 5.83 Å². The molecule has 100 valence electrons. The van der Waals surface area contributed by atoms with E-state index in [1.807, 2.05) is 11.8 Å². The third-order valence-electron chi connectivity index (χ3n) is 4.14. The summed E-state index contributed by atoms with van der Waals surface area (Å²) in [6, 6.07) is 0.0669. The van der Waals surface area contributed by atoms with Crippen molar-refractivity contribution in [2.24, 2.45) is 5.41 Å². The third-order valence-corrected chi connectivity index (χ3v) is 4.14. The highest BCUT2D eigenvalue weighted by Crippen LogP contribution is 2.42. The monoisotopic (exact) mass is 253 g/mol. The Morgan fingerprint density at radius 2 is 2.39 bits per heavy atom. The lowest BCUT2D eigenvalue weighted by molar-refractivity contribution is -0.131. The quantitative estimate of drug-likeness (QED) is 0.819. The van der Waals surface area contributed by atoms with Crippen LogP contribution in [-0.4, -0.2) is 35.1 Å². The molecule has 0 aromatic heterocycles. The van der Waals surface area contributed by atoms with Crippen LogP contribution in [0.5, 0.6) is 0 Å². The van der Waals surface area contributed by atoms with Gasteiger partial charge in [0.25, 0.3) is 0 Å². The largest absolute Gasteiger partial charge is 0.392 e. The molecule has 18 heavy (non-hydrogen) atoms. The molecule has 0 aromatic rings. The number of nitrogens with zero attached hydrogens (tertiary/aromatic N) is 1. The molecule has 0 aromatic carbocycles. The van der Waals surface area contributed by atoms with Crippen molar-refractivity contribution in [3.8, 4) is 0 Å². The van der Waals surface area contributed by atoms with Crippen LogP contribution in [0.4, 0.5) is 4.39 Å². The molecule has 0 saturated carbocycles. The van der Waals surface area contributed by atoms with E-state index >= 15 is 0 Å². The van der Waals surface area contributed by atoms with Crippen molar-refractivity contribution in [2.45, 2.75) is 39.2 Å². The topological polar surface area (TPSA) is 40.5 Å². The molecule has 1 aliphatic heterocycles. The molecule has 0 radical (unpaired) electrons. The predicted molar refractivity (Wildman–Crippen MR) is 67.5 cm³/mol. The summed E-state index contributed by atoms with van der Waals surface area (Å²) in [5, 5.41) is 9.02. The zero-order chi connectivity index (χ0) is 13.3. The van der Waals surface area contributed by atoms with Gasteiger partial charge in [-0.1, -0.05) is 13.0 Å². The highest BCUT2D eigenvalue weighted by atomic mass is 19.1. The van der Waals surface area contributed by atoms with Crippen LogP contribution >= 0.6 is 0 Å². The summed E-state index contributed by atoms with van der Waals surface area (Å²) in [5.41, 5.74) is 0.00474. The van der Waals surface area contributed by atoms with Gasteiger partial charge in [-0.25, -0.2) is 4.39 Å². The Balaban J connectivity index is 2.23. The normalized spacial score (nSPS) is 32.2. The molecular formula is C14H20FNO2. The van der Waals surface area contributed by atoms with Crippen molar-refractivity contribution < 1.29 is 14.3 Å². The van der Waals surface area contributed by atoms with Gasteiger partial charge in [-0.3, -0.25) is 4.79 Å². The standard InChI is InChI=1S/C14H20FNO2/c1-10(18)16-7-3-4-13(16)14(2)6-5-11(9-17)12(15)8-14/h5,8,13,17H,3-4,6-7,9H2,1-2H3. The molecule has 3 nitrogen and oxygen atoms in total. The number of rotatable bonds is 2. The maximum absolute atomic E-state index is 13.9. The first-order chi connectivity index (χ1) is 8.48. The minimum absolute atomic E-state index is 0.0597. The van der Waals surface area contributed by atoms with E-state index in [1.165, 1.54) is 0 Å².